The molecule has 0 saturated carbocycles. The number of anilines is 1. The molecule has 1 aromatic carbocycles. The molecule has 0 spiro atoms. The van der Waals surface area contributed by atoms with Gasteiger partial charge in [0, 0.05) is 12.8 Å². The Balaban J connectivity index is 1.73. The normalized spacial score (nSPS) is 14.5. The van der Waals surface area contributed by atoms with E-state index in [1.54, 1.807) is 26.0 Å². The van der Waals surface area contributed by atoms with Crippen LogP contribution in [0.15, 0.2) is 40.0 Å². The quantitative estimate of drug-likeness (QED) is 0.806. The van der Waals surface area contributed by atoms with Gasteiger partial charge in [-0.25, -0.2) is 9.80 Å². The molecule has 1 aliphatic heterocycles. The van der Waals surface area contributed by atoms with Crippen LogP contribution >= 0.6 is 0 Å². The third-order valence-electron chi connectivity index (χ3n) is 3.80. The summed E-state index contributed by atoms with van der Waals surface area (Å²) in [6.45, 7) is 3.61. The maximum Gasteiger partial charge on any atom is 0.354 e. The van der Waals surface area contributed by atoms with Crippen LogP contribution in [0.1, 0.15) is 29.9 Å². The van der Waals surface area contributed by atoms with E-state index in [9.17, 15) is 9.59 Å². The van der Waals surface area contributed by atoms with E-state index in [1.165, 1.54) is 5.01 Å². The first-order valence-electron chi connectivity index (χ1n) is 7.60. The highest BCUT2D eigenvalue weighted by Crippen LogP contribution is 2.20. The topological polar surface area (TPSA) is 85.0 Å². The van der Waals surface area contributed by atoms with Crippen molar-refractivity contribution in [2.45, 2.75) is 33.3 Å². The fourth-order valence-corrected chi connectivity index (χ4v) is 2.40. The zero-order valence-electron chi connectivity index (χ0n) is 13.5. The van der Waals surface area contributed by atoms with Crippen LogP contribution in [0.2, 0.25) is 0 Å². The Bertz CT molecular complexity index is 776. The van der Waals surface area contributed by atoms with Crippen LogP contribution in [0, 0.1) is 13.8 Å². The Morgan fingerprint density at radius 2 is 2.00 bits per heavy atom. The minimum absolute atomic E-state index is 0.0678. The molecule has 124 valence electrons. The molecule has 2 heterocycles. The highest BCUT2D eigenvalue weighted by molar-refractivity contribution is 6.37. The van der Waals surface area contributed by atoms with Crippen LogP contribution in [-0.2, 0) is 20.9 Å². The van der Waals surface area contributed by atoms with E-state index < -0.39 is 5.97 Å². The second-order valence-electron chi connectivity index (χ2n) is 5.47. The highest BCUT2D eigenvalue weighted by atomic mass is 16.5. The number of hydrogen-bond acceptors (Lipinski definition) is 6. The van der Waals surface area contributed by atoms with Crippen LogP contribution in [0.4, 0.5) is 5.69 Å². The van der Waals surface area contributed by atoms with Gasteiger partial charge in [0.2, 0.25) is 5.91 Å². The number of benzene rings is 1. The van der Waals surface area contributed by atoms with Gasteiger partial charge in [-0.15, -0.1) is 0 Å². The minimum Gasteiger partial charge on any atom is -0.456 e. The lowest BCUT2D eigenvalue weighted by atomic mass is 10.1. The standard InChI is InChI=1S/C17H17N3O4/c1-11-14(12(2)24-19-11)10-23-17(22)15-8-9-16(21)20(18-15)13-6-4-3-5-7-13/h3-7H,8-10H2,1-2H3. The predicted molar refractivity (Wildman–Crippen MR) is 86.4 cm³/mol. The molecule has 1 aliphatic rings. The van der Waals surface area contributed by atoms with Crippen LogP contribution in [0.5, 0.6) is 0 Å². The number of rotatable bonds is 4. The van der Waals surface area contributed by atoms with Crippen molar-refractivity contribution >= 4 is 23.3 Å². The average molecular weight is 327 g/mol. The van der Waals surface area contributed by atoms with Crippen molar-refractivity contribution in [2.24, 2.45) is 5.10 Å². The Morgan fingerprint density at radius 3 is 2.67 bits per heavy atom. The maximum absolute atomic E-state index is 12.3. The fraction of sp³-hybridized carbons (Fsp3) is 0.294. The van der Waals surface area contributed by atoms with Crippen LogP contribution < -0.4 is 5.01 Å². The summed E-state index contributed by atoms with van der Waals surface area (Å²) in [6.07, 6.45) is 0.483. The lowest BCUT2D eigenvalue weighted by Crippen LogP contribution is -2.34. The second kappa shape index (κ2) is 6.66. The molecule has 1 aromatic heterocycles. The van der Waals surface area contributed by atoms with Crippen LogP contribution in [0.3, 0.4) is 0 Å². The lowest BCUT2D eigenvalue weighted by molar-refractivity contribution is -0.137. The van der Waals surface area contributed by atoms with Gasteiger partial charge in [0.15, 0.2) is 0 Å². The Morgan fingerprint density at radius 1 is 1.25 bits per heavy atom. The first kappa shape index (κ1) is 15.9. The van der Waals surface area contributed by atoms with Gasteiger partial charge in [0.05, 0.1) is 16.9 Å². The number of para-hydroxylation sites is 1. The van der Waals surface area contributed by atoms with Crippen molar-refractivity contribution in [3.63, 3.8) is 0 Å². The Labute approximate surface area is 138 Å². The van der Waals surface area contributed by atoms with Gasteiger partial charge in [-0.05, 0) is 26.0 Å². The Kier molecular flexibility index (Phi) is 4.41. The number of carbonyl (C=O) groups excluding carboxylic acids is 2. The lowest BCUT2D eigenvalue weighted by Gasteiger charge is -2.22. The minimum atomic E-state index is -0.538. The molecular formula is C17H17N3O4. The summed E-state index contributed by atoms with van der Waals surface area (Å²) < 4.78 is 10.3. The Hall–Kier alpha value is -2.96. The molecule has 7 nitrogen and oxygen atoms in total. The van der Waals surface area contributed by atoms with Gasteiger partial charge < -0.3 is 9.26 Å². The van der Waals surface area contributed by atoms with Gasteiger partial charge >= 0.3 is 5.97 Å². The summed E-state index contributed by atoms with van der Waals surface area (Å²) in [5.74, 6) is -0.0705. The van der Waals surface area contributed by atoms with Gasteiger partial charge in [0.25, 0.3) is 0 Å². The van der Waals surface area contributed by atoms with Gasteiger partial charge in [-0.3, -0.25) is 4.79 Å². The van der Waals surface area contributed by atoms with E-state index in [4.69, 9.17) is 9.26 Å². The number of carbonyl (C=O) groups is 2. The summed E-state index contributed by atoms with van der Waals surface area (Å²) in [7, 11) is 0. The monoisotopic (exact) mass is 327 g/mol. The van der Waals surface area contributed by atoms with E-state index in [-0.39, 0.29) is 31.1 Å². The maximum atomic E-state index is 12.3. The predicted octanol–water partition coefficient (Wildman–Crippen LogP) is 2.52. The number of nitrogens with zero attached hydrogens (tertiary/aromatic N) is 3. The third-order valence-corrected chi connectivity index (χ3v) is 3.80. The zero-order valence-corrected chi connectivity index (χ0v) is 13.5. The van der Waals surface area contributed by atoms with Crippen molar-refractivity contribution in [3.8, 4) is 0 Å². The molecule has 0 aliphatic carbocycles. The molecule has 7 heteroatoms. The molecule has 0 radical (unpaired) electrons. The molecule has 1 amide bonds. The van der Waals surface area contributed by atoms with E-state index in [2.05, 4.69) is 10.3 Å². The zero-order chi connectivity index (χ0) is 17.1. The van der Waals surface area contributed by atoms with E-state index in [0.29, 0.717) is 17.1 Å². The SMILES string of the molecule is Cc1noc(C)c1COC(=O)C1=NN(c2ccccc2)C(=O)CC1. The number of aryl methyl sites for hydroxylation is 2. The van der Waals surface area contributed by atoms with Crippen molar-refractivity contribution in [2.75, 3.05) is 5.01 Å². The van der Waals surface area contributed by atoms with E-state index in [1.807, 2.05) is 18.2 Å². The number of esters is 1. The number of ether oxygens (including phenoxy) is 1. The third kappa shape index (κ3) is 3.19. The molecule has 0 saturated heterocycles. The molecule has 24 heavy (non-hydrogen) atoms. The van der Waals surface area contributed by atoms with Crippen molar-refractivity contribution in [1.82, 2.24) is 5.16 Å². The summed E-state index contributed by atoms with van der Waals surface area (Å²) in [5, 5.41) is 9.23. The summed E-state index contributed by atoms with van der Waals surface area (Å²) in [5.41, 5.74) is 2.28. The van der Waals surface area contributed by atoms with Crippen LogP contribution in [-0.4, -0.2) is 22.7 Å². The highest BCUT2D eigenvalue weighted by Gasteiger charge is 2.26. The summed E-state index contributed by atoms with van der Waals surface area (Å²) >= 11 is 0. The molecule has 0 unspecified atom stereocenters. The molecular weight excluding hydrogens is 310 g/mol. The van der Waals surface area contributed by atoms with Crippen molar-refractivity contribution in [3.05, 3.63) is 47.3 Å². The number of hydrogen-bond donors (Lipinski definition) is 0. The van der Waals surface area contributed by atoms with Crippen molar-refractivity contribution < 1.29 is 18.8 Å². The number of aromatic nitrogens is 1. The largest absolute Gasteiger partial charge is 0.456 e. The first-order valence-corrected chi connectivity index (χ1v) is 7.60. The van der Waals surface area contributed by atoms with E-state index >= 15 is 0 Å². The summed E-state index contributed by atoms with van der Waals surface area (Å²) in [6, 6.07) is 8.99. The second-order valence-corrected chi connectivity index (χ2v) is 5.47. The smallest absolute Gasteiger partial charge is 0.354 e. The molecule has 3 rings (SSSR count). The van der Waals surface area contributed by atoms with Crippen molar-refractivity contribution in [1.29, 1.82) is 0 Å². The first-order chi connectivity index (χ1) is 11.6. The van der Waals surface area contributed by atoms with Crippen LogP contribution in [0.25, 0.3) is 0 Å². The van der Waals surface area contributed by atoms with Gasteiger partial charge in [-0.1, -0.05) is 23.4 Å². The van der Waals surface area contributed by atoms with Gasteiger partial charge in [-0.2, -0.15) is 5.10 Å². The molecule has 0 atom stereocenters. The number of amides is 1. The number of hydrazone groups is 1. The molecule has 2 aromatic rings. The fourth-order valence-electron chi connectivity index (χ4n) is 2.40. The molecule has 0 bridgehead atoms. The average Bonchev–Trinajstić information content (AvgIpc) is 2.92. The molecule has 0 N–H and O–H groups in total. The van der Waals surface area contributed by atoms with E-state index in [0.717, 1.165) is 5.56 Å². The summed E-state index contributed by atoms with van der Waals surface area (Å²) in [4.78, 5) is 24.3. The molecule has 0 fully saturated rings. The van der Waals surface area contributed by atoms with Gasteiger partial charge in [0.1, 0.15) is 18.1 Å².